The topological polar surface area (TPSA) is 157 Å². The molecule has 2 rings (SSSR count). The molecule has 13 heteroatoms. The summed E-state index contributed by atoms with van der Waals surface area (Å²) in [5.74, 6) is 0.793. The quantitative estimate of drug-likeness (QED) is 0.256. The van der Waals surface area contributed by atoms with Crippen LogP contribution in [0, 0.1) is 0 Å². The highest BCUT2D eigenvalue weighted by atomic mass is 79.9. The van der Waals surface area contributed by atoms with Gasteiger partial charge in [-0.05, 0) is 60.0 Å². The number of sulfonamides is 1. The average molecular weight is 522 g/mol. The summed E-state index contributed by atoms with van der Waals surface area (Å²) in [4.78, 5) is 18.4. The predicted molar refractivity (Wildman–Crippen MR) is 119 cm³/mol. The lowest BCUT2D eigenvalue weighted by Gasteiger charge is -2.17. The molecule has 166 valence electrons. The maximum Gasteiger partial charge on any atom is 0.328 e. The fraction of sp³-hybridized carbons (Fsp3) is 0.412. The zero-order chi connectivity index (χ0) is 22.4. The van der Waals surface area contributed by atoms with Crippen molar-refractivity contribution < 1.29 is 22.4 Å². The van der Waals surface area contributed by atoms with Gasteiger partial charge in [0.15, 0.2) is 0 Å². The van der Waals surface area contributed by atoms with Crippen LogP contribution >= 0.6 is 23.5 Å². The third-order valence-electron chi connectivity index (χ3n) is 4.01. The molecule has 0 saturated carbocycles. The average Bonchev–Trinajstić information content (AvgIpc) is 2.66. The zero-order valence-electron chi connectivity index (χ0n) is 16.6. The minimum Gasteiger partial charge on any atom is -0.369 e. The fourth-order valence-corrected chi connectivity index (χ4v) is 4.52. The van der Waals surface area contributed by atoms with Crippen LogP contribution in [0.1, 0.15) is 26.7 Å². The van der Waals surface area contributed by atoms with Gasteiger partial charge in [0, 0.05) is 18.4 Å². The third kappa shape index (κ3) is 7.93. The Morgan fingerprint density at radius 2 is 2.00 bits per heavy atom. The maximum absolute atomic E-state index is 12.0. The smallest absolute Gasteiger partial charge is 0.328 e. The van der Waals surface area contributed by atoms with Gasteiger partial charge in [-0.3, -0.25) is 4.57 Å². The van der Waals surface area contributed by atoms with Crippen molar-refractivity contribution in [1.29, 1.82) is 0 Å². The Morgan fingerprint density at radius 1 is 1.33 bits per heavy atom. The molecule has 1 aromatic heterocycles. The second-order valence-corrected chi connectivity index (χ2v) is 10.9. The number of halogens is 1. The van der Waals surface area contributed by atoms with E-state index in [0.29, 0.717) is 35.4 Å². The fourth-order valence-electron chi connectivity index (χ4n) is 2.30. The van der Waals surface area contributed by atoms with E-state index in [4.69, 9.17) is 9.66 Å². The molecule has 1 aromatic carbocycles. The molecule has 30 heavy (non-hydrogen) atoms. The maximum atomic E-state index is 12.0. The van der Waals surface area contributed by atoms with E-state index in [2.05, 4.69) is 36.5 Å². The van der Waals surface area contributed by atoms with Crippen molar-refractivity contribution in [3.63, 3.8) is 0 Å². The van der Waals surface area contributed by atoms with E-state index in [1.54, 1.807) is 25.3 Å². The molecule has 2 aromatic rings. The zero-order valence-corrected chi connectivity index (χ0v) is 19.9. The van der Waals surface area contributed by atoms with Crippen LogP contribution in [0.2, 0.25) is 0 Å². The molecule has 0 amide bonds. The lowest BCUT2D eigenvalue weighted by molar-refractivity contribution is 0.185. The Bertz CT molecular complexity index is 1010. The van der Waals surface area contributed by atoms with E-state index in [9.17, 15) is 17.9 Å². The van der Waals surface area contributed by atoms with E-state index in [0.717, 1.165) is 0 Å². The number of aromatic nitrogens is 2. The Labute approximate surface area is 184 Å². The van der Waals surface area contributed by atoms with E-state index in [1.807, 2.05) is 6.92 Å². The minimum atomic E-state index is -3.76. The van der Waals surface area contributed by atoms with Crippen molar-refractivity contribution in [3.8, 4) is 0 Å². The highest BCUT2D eigenvalue weighted by molar-refractivity contribution is 9.10. The Hall–Kier alpha value is -1.56. The van der Waals surface area contributed by atoms with E-state index < -0.39 is 17.6 Å². The summed E-state index contributed by atoms with van der Waals surface area (Å²) in [6.07, 6.45) is 2.40. The number of primary sulfonamides is 1. The molecule has 0 bridgehead atoms. The summed E-state index contributed by atoms with van der Waals surface area (Å²) in [7, 11) is -7.38. The monoisotopic (exact) mass is 521 g/mol. The Kier molecular flexibility index (Phi) is 8.77. The molecule has 0 fully saturated rings. The van der Waals surface area contributed by atoms with E-state index in [-0.39, 0.29) is 23.1 Å². The highest BCUT2D eigenvalue weighted by Gasteiger charge is 2.21. The van der Waals surface area contributed by atoms with Crippen LogP contribution < -0.4 is 15.8 Å². The van der Waals surface area contributed by atoms with Gasteiger partial charge < -0.3 is 20.1 Å². The lowest BCUT2D eigenvalue weighted by atomic mass is 10.3. The van der Waals surface area contributed by atoms with Gasteiger partial charge in [0.05, 0.1) is 21.6 Å². The molecule has 0 aliphatic carbocycles. The molecule has 2 unspecified atom stereocenters. The van der Waals surface area contributed by atoms with Crippen molar-refractivity contribution in [2.75, 3.05) is 23.3 Å². The predicted octanol–water partition coefficient (Wildman–Crippen LogP) is 3.43. The van der Waals surface area contributed by atoms with Crippen molar-refractivity contribution in [2.24, 2.45) is 5.14 Å². The molecule has 5 N–H and O–H groups in total. The van der Waals surface area contributed by atoms with Crippen LogP contribution in [-0.2, 0) is 19.1 Å². The van der Waals surface area contributed by atoms with Crippen LogP contribution in [0.15, 0.2) is 39.8 Å². The van der Waals surface area contributed by atoms with Gasteiger partial charge in [-0.1, -0.05) is 6.92 Å². The van der Waals surface area contributed by atoms with E-state index in [1.165, 1.54) is 12.1 Å². The number of nitrogens with one attached hydrogen (secondary N) is 2. The summed E-state index contributed by atoms with van der Waals surface area (Å²) in [6, 6.07) is 5.86. The first-order chi connectivity index (χ1) is 14.0. The number of hydrogen-bond donors (Lipinski definition) is 4. The first kappa shape index (κ1) is 24.7. The Morgan fingerprint density at radius 3 is 2.60 bits per heavy atom. The summed E-state index contributed by atoms with van der Waals surface area (Å²) in [5, 5.41) is 11.1. The van der Waals surface area contributed by atoms with Crippen molar-refractivity contribution in [2.45, 2.75) is 37.7 Å². The van der Waals surface area contributed by atoms with Crippen LogP contribution in [0.3, 0.4) is 0 Å². The first-order valence-corrected chi connectivity index (χ1v) is 13.3. The summed E-state index contributed by atoms with van der Waals surface area (Å²) < 4.78 is 40.5. The molecule has 0 radical (unpaired) electrons. The van der Waals surface area contributed by atoms with Crippen molar-refractivity contribution in [1.82, 2.24) is 9.97 Å². The molecular formula is C17H25BrN5O5PS. The number of nitrogens with two attached hydrogens (primary N) is 1. The molecular weight excluding hydrogens is 497 g/mol. The van der Waals surface area contributed by atoms with Gasteiger partial charge in [-0.25, -0.2) is 18.5 Å². The summed E-state index contributed by atoms with van der Waals surface area (Å²) in [6.45, 7) is 4.06. The van der Waals surface area contributed by atoms with Gasteiger partial charge in [0.25, 0.3) is 0 Å². The number of anilines is 3. The normalized spacial score (nSPS) is 14.7. The van der Waals surface area contributed by atoms with Gasteiger partial charge in [0.1, 0.15) is 5.82 Å². The molecule has 10 nitrogen and oxygen atoms in total. The first-order valence-electron chi connectivity index (χ1n) is 9.16. The van der Waals surface area contributed by atoms with Crippen molar-refractivity contribution in [3.05, 3.63) is 34.9 Å². The number of rotatable bonds is 11. The molecule has 0 aliphatic heterocycles. The van der Waals surface area contributed by atoms with Gasteiger partial charge >= 0.3 is 7.60 Å². The van der Waals surface area contributed by atoms with Crippen LogP contribution in [0.4, 0.5) is 17.5 Å². The molecule has 2 atom stereocenters. The number of hydrogen-bond acceptors (Lipinski definition) is 8. The van der Waals surface area contributed by atoms with Crippen LogP contribution in [0.5, 0.6) is 0 Å². The standard InChI is InChI=1S/C17H25BrN5O5PS/c1-3-12(2)28-29(24,25)10-4-9-20-16-15(18)11-21-17(23-16)22-13-5-7-14(8-6-13)30(19,26)27/h5-8,11-12H,3-4,9-10H2,1-2H3,(H,24,25)(H2,19,26,27)(H2,20,21,22,23). The molecule has 0 spiro atoms. The SMILES string of the molecule is CCC(C)OP(=O)(O)CCCNc1nc(Nc2ccc(S(N)(=O)=O)cc2)ncc1Br. The van der Waals surface area contributed by atoms with Gasteiger partial charge in [-0.2, -0.15) is 4.98 Å². The van der Waals surface area contributed by atoms with Gasteiger partial charge in [0.2, 0.25) is 16.0 Å². The molecule has 0 saturated heterocycles. The summed E-state index contributed by atoms with van der Waals surface area (Å²) >= 11 is 3.36. The van der Waals surface area contributed by atoms with Crippen molar-refractivity contribution >= 4 is 51.0 Å². The largest absolute Gasteiger partial charge is 0.369 e. The van der Waals surface area contributed by atoms with Crippen LogP contribution in [0.25, 0.3) is 0 Å². The lowest BCUT2D eigenvalue weighted by Crippen LogP contribution is -2.12. The second-order valence-electron chi connectivity index (χ2n) is 6.55. The second kappa shape index (κ2) is 10.7. The van der Waals surface area contributed by atoms with Crippen LogP contribution in [-0.4, -0.2) is 42.1 Å². The number of benzene rings is 1. The Balaban J connectivity index is 1.94. The molecule has 0 aliphatic rings. The number of nitrogens with zero attached hydrogens (tertiary/aromatic N) is 2. The molecule has 1 heterocycles. The minimum absolute atomic E-state index is 0.00520. The van der Waals surface area contributed by atoms with E-state index >= 15 is 0 Å². The highest BCUT2D eigenvalue weighted by Crippen LogP contribution is 2.44. The third-order valence-corrected chi connectivity index (χ3v) is 7.09. The summed E-state index contributed by atoms with van der Waals surface area (Å²) in [5.41, 5.74) is 0.582. The van der Waals surface area contributed by atoms with Gasteiger partial charge in [-0.15, -0.1) is 0 Å².